The lowest BCUT2D eigenvalue weighted by Gasteiger charge is -2.15. The highest BCUT2D eigenvalue weighted by atomic mass is 16.2. The van der Waals surface area contributed by atoms with Gasteiger partial charge in [0.05, 0.1) is 0 Å². The number of fused-ring (bicyclic) bond motifs is 1. The van der Waals surface area contributed by atoms with Crippen molar-refractivity contribution in [1.82, 2.24) is 25.4 Å². The number of rotatable bonds is 6. The fraction of sp³-hybridized carbons (Fsp3) is 0.526. The summed E-state index contributed by atoms with van der Waals surface area (Å²) in [4.78, 5) is 12.1. The first-order valence-electron chi connectivity index (χ1n) is 9.04. The Morgan fingerprint density at radius 3 is 2.76 bits per heavy atom. The topological polar surface area (TPSA) is 71.8 Å². The minimum absolute atomic E-state index is 0.0820. The molecule has 1 atom stereocenters. The number of nitrogens with one attached hydrogen (secondary N) is 2. The van der Waals surface area contributed by atoms with Crippen molar-refractivity contribution in [3.63, 3.8) is 0 Å². The molecule has 0 saturated carbocycles. The standard InChI is InChI=1S/C19H27N5O/c1-13-9-14(2)11-16(10-13)12-15(3)21-19(25)20-7-6-18-23-22-17-5-4-8-24(17)18/h9-11,15H,4-8,12H2,1-3H3,(H2,20,21,25). The quantitative estimate of drug-likeness (QED) is 0.847. The summed E-state index contributed by atoms with van der Waals surface area (Å²) in [5, 5.41) is 14.3. The van der Waals surface area contributed by atoms with Gasteiger partial charge in [-0.2, -0.15) is 0 Å². The number of hydrogen-bond acceptors (Lipinski definition) is 3. The monoisotopic (exact) mass is 341 g/mol. The Bertz CT molecular complexity index is 732. The van der Waals surface area contributed by atoms with Crippen molar-refractivity contribution in [1.29, 1.82) is 0 Å². The maximum absolute atomic E-state index is 12.1. The summed E-state index contributed by atoms with van der Waals surface area (Å²) < 4.78 is 2.17. The van der Waals surface area contributed by atoms with Crippen molar-refractivity contribution < 1.29 is 4.79 Å². The number of urea groups is 1. The molecule has 1 aliphatic rings. The number of amides is 2. The van der Waals surface area contributed by atoms with E-state index in [9.17, 15) is 4.79 Å². The predicted octanol–water partition coefficient (Wildman–Crippen LogP) is 2.31. The maximum Gasteiger partial charge on any atom is 0.315 e. The molecule has 134 valence electrons. The summed E-state index contributed by atoms with van der Waals surface area (Å²) >= 11 is 0. The molecule has 1 aliphatic heterocycles. The van der Waals surface area contributed by atoms with Crippen LogP contribution >= 0.6 is 0 Å². The van der Waals surface area contributed by atoms with Crippen LogP contribution in [0.15, 0.2) is 18.2 Å². The van der Waals surface area contributed by atoms with E-state index in [2.05, 4.69) is 57.4 Å². The van der Waals surface area contributed by atoms with Crippen LogP contribution in [0.1, 0.15) is 41.7 Å². The molecule has 2 N–H and O–H groups in total. The van der Waals surface area contributed by atoms with Gasteiger partial charge >= 0.3 is 6.03 Å². The van der Waals surface area contributed by atoms with Gasteiger partial charge in [0.15, 0.2) is 0 Å². The molecule has 0 radical (unpaired) electrons. The van der Waals surface area contributed by atoms with Crippen LogP contribution in [0.3, 0.4) is 0 Å². The molecular weight excluding hydrogens is 314 g/mol. The fourth-order valence-corrected chi connectivity index (χ4v) is 3.55. The molecule has 6 nitrogen and oxygen atoms in total. The van der Waals surface area contributed by atoms with Crippen molar-refractivity contribution in [3.05, 3.63) is 46.5 Å². The van der Waals surface area contributed by atoms with E-state index >= 15 is 0 Å². The molecule has 25 heavy (non-hydrogen) atoms. The highest BCUT2D eigenvalue weighted by Gasteiger charge is 2.17. The van der Waals surface area contributed by atoms with E-state index in [1.165, 1.54) is 16.7 Å². The summed E-state index contributed by atoms with van der Waals surface area (Å²) in [6, 6.07) is 6.47. The molecule has 1 unspecified atom stereocenters. The molecule has 1 aromatic carbocycles. The van der Waals surface area contributed by atoms with E-state index in [1.54, 1.807) is 0 Å². The SMILES string of the molecule is Cc1cc(C)cc(CC(C)NC(=O)NCCc2nnc3n2CCC3)c1. The second-order valence-corrected chi connectivity index (χ2v) is 7.04. The van der Waals surface area contributed by atoms with Gasteiger partial charge in [0, 0.05) is 32.0 Å². The minimum Gasteiger partial charge on any atom is -0.338 e. The zero-order chi connectivity index (χ0) is 17.8. The number of carbonyl (C=O) groups is 1. The van der Waals surface area contributed by atoms with E-state index in [-0.39, 0.29) is 12.1 Å². The largest absolute Gasteiger partial charge is 0.338 e. The molecule has 0 aliphatic carbocycles. The molecule has 6 heteroatoms. The average molecular weight is 341 g/mol. The summed E-state index contributed by atoms with van der Waals surface area (Å²) in [5.74, 6) is 2.04. The smallest absolute Gasteiger partial charge is 0.315 e. The number of aromatic nitrogens is 3. The van der Waals surface area contributed by atoms with Gasteiger partial charge in [0.2, 0.25) is 0 Å². The lowest BCUT2D eigenvalue weighted by atomic mass is 10.0. The molecule has 1 aromatic heterocycles. The van der Waals surface area contributed by atoms with Crippen LogP contribution in [-0.4, -0.2) is 33.4 Å². The molecule has 2 amide bonds. The van der Waals surface area contributed by atoms with Crippen LogP contribution in [0.25, 0.3) is 0 Å². The van der Waals surface area contributed by atoms with Gasteiger partial charge in [0.25, 0.3) is 0 Å². The van der Waals surface area contributed by atoms with Gasteiger partial charge in [-0.25, -0.2) is 4.79 Å². The third-order valence-corrected chi connectivity index (χ3v) is 4.52. The first-order valence-corrected chi connectivity index (χ1v) is 9.04. The second kappa shape index (κ2) is 7.68. The van der Waals surface area contributed by atoms with E-state index in [0.29, 0.717) is 13.0 Å². The van der Waals surface area contributed by atoms with Gasteiger partial charge in [-0.15, -0.1) is 10.2 Å². The fourth-order valence-electron chi connectivity index (χ4n) is 3.55. The highest BCUT2D eigenvalue weighted by molar-refractivity contribution is 5.74. The normalized spacial score (nSPS) is 14.2. The van der Waals surface area contributed by atoms with Crippen molar-refractivity contribution in [2.24, 2.45) is 0 Å². The van der Waals surface area contributed by atoms with Gasteiger partial charge in [0.1, 0.15) is 11.6 Å². The maximum atomic E-state index is 12.1. The van der Waals surface area contributed by atoms with Gasteiger partial charge in [-0.3, -0.25) is 0 Å². The summed E-state index contributed by atoms with van der Waals surface area (Å²) in [6.07, 6.45) is 3.69. The number of carbonyl (C=O) groups excluding carboxylic acids is 1. The number of benzene rings is 1. The lowest BCUT2D eigenvalue weighted by molar-refractivity contribution is 0.238. The van der Waals surface area contributed by atoms with Gasteiger partial charge in [-0.05, 0) is 39.2 Å². The molecule has 2 aromatic rings. The van der Waals surface area contributed by atoms with E-state index < -0.39 is 0 Å². The van der Waals surface area contributed by atoms with E-state index in [0.717, 1.165) is 37.5 Å². The van der Waals surface area contributed by atoms with Crippen molar-refractivity contribution in [2.45, 2.75) is 59.0 Å². The number of hydrogen-bond donors (Lipinski definition) is 2. The Morgan fingerprint density at radius 1 is 1.24 bits per heavy atom. The third kappa shape index (κ3) is 4.59. The van der Waals surface area contributed by atoms with Crippen LogP contribution in [-0.2, 0) is 25.8 Å². The number of nitrogens with zero attached hydrogens (tertiary/aromatic N) is 3. The first-order chi connectivity index (χ1) is 12.0. The Labute approximate surface area is 149 Å². The lowest BCUT2D eigenvalue weighted by Crippen LogP contribution is -2.42. The summed E-state index contributed by atoms with van der Waals surface area (Å²) in [5.41, 5.74) is 3.77. The predicted molar refractivity (Wildman–Crippen MR) is 97.7 cm³/mol. The average Bonchev–Trinajstić information content (AvgIpc) is 3.10. The van der Waals surface area contributed by atoms with E-state index in [1.807, 2.05) is 6.92 Å². The van der Waals surface area contributed by atoms with Gasteiger partial charge in [-0.1, -0.05) is 29.3 Å². The van der Waals surface area contributed by atoms with Crippen LogP contribution in [0.2, 0.25) is 0 Å². The molecule has 0 bridgehead atoms. The molecular formula is C19H27N5O. The molecule has 0 fully saturated rings. The molecule has 2 heterocycles. The molecule has 0 spiro atoms. The molecule has 0 saturated heterocycles. The molecule has 3 rings (SSSR count). The summed E-state index contributed by atoms with van der Waals surface area (Å²) in [6.45, 7) is 7.80. The van der Waals surface area contributed by atoms with Crippen molar-refractivity contribution in [2.75, 3.05) is 6.54 Å². The Hall–Kier alpha value is -2.37. The van der Waals surface area contributed by atoms with Crippen LogP contribution in [0, 0.1) is 13.8 Å². The Morgan fingerprint density at radius 2 is 2.00 bits per heavy atom. The minimum atomic E-state index is -0.127. The van der Waals surface area contributed by atoms with E-state index in [4.69, 9.17) is 0 Å². The second-order valence-electron chi connectivity index (χ2n) is 7.04. The number of aryl methyl sites for hydroxylation is 3. The van der Waals surface area contributed by atoms with Crippen LogP contribution in [0.4, 0.5) is 4.79 Å². The van der Waals surface area contributed by atoms with Gasteiger partial charge < -0.3 is 15.2 Å². The first kappa shape index (κ1) is 17.5. The summed E-state index contributed by atoms with van der Waals surface area (Å²) in [7, 11) is 0. The Kier molecular flexibility index (Phi) is 5.36. The zero-order valence-electron chi connectivity index (χ0n) is 15.3. The van der Waals surface area contributed by atoms with Crippen molar-refractivity contribution in [3.8, 4) is 0 Å². The highest BCUT2D eigenvalue weighted by Crippen LogP contribution is 2.14. The Balaban J connectivity index is 1.42. The van der Waals surface area contributed by atoms with Crippen molar-refractivity contribution >= 4 is 6.03 Å². The third-order valence-electron chi connectivity index (χ3n) is 4.52. The van der Waals surface area contributed by atoms with Crippen LogP contribution in [0.5, 0.6) is 0 Å². The van der Waals surface area contributed by atoms with Crippen LogP contribution < -0.4 is 10.6 Å². The zero-order valence-corrected chi connectivity index (χ0v) is 15.3.